The number of benzene rings is 2. The monoisotopic (exact) mass is 461 g/mol. The molecule has 1 aromatic heterocycles. The van der Waals surface area contributed by atoms with Crippen LogP contribution in [-0.4, -0.2) is 58.7 Å². The molecule has 4 rings (SSSR count). The summed E-state index contributed by atoms with van der Waals surface area (Å²) in [4.78, 5) is 29.7. The van der Waals surface area contributed by atoms with E-state index in [4.69, 9.17) is 4.74 Å². The molecule has 0 spiro atoms. The van der Waals surface area contributed by atoms with Crippen molar-refractivity contribution in [3.8, 4) is 0 Å². The van der Waals surface area contributed by atoms with Crippen molar-refractivity contribution in [3.05, 3.63) is 83.0 Å². The first kappa shape index (κ1) is 23.5. The van der Waals surface area contributed by atoms with E-state index in [1.165, 1.54) is 0 Å². The molecule has 2 amide bonds. The first-order chi connectivity index (χ1) is 16.3. The molecule has 178 valence electrons. The Bertz CT molecular complexity index is 1140. The van der Waals surface area contributed by atoms with Crippen LogP contribution < -0.4 is 5.32 Å². The fourth-order valence-electron chi connectivity index (χ4n) is 4.32. The molecule has 34 heavy (non-hydrogen) atoms. The van der Waals surface area contributed by atoms with Gasteiger partial charge in [0.05, 0.1) is 17.8 Å². The molecule has 0 radical (unpaired) electrons. The Labute approximate surface area is 199 Å². The molecule has 0 aliphatic carbocycles. The van der Waals surface area contributed by atoms with Gasteiger partial charge in [-0.2, -0.15) is 5.10 Å². The van der Waals surface area contributed by atoms with Crippen LogP contribution in [-0.2, 0) is 23.2 Å². The number of aromatic amines is 1. The highest BCUT2D eigenvalue weighted by Crippen LogP contribution is 2.41. The van der Waals surface area contributed by atoms with Crippen LogP contribution in [0.5, 0.6) is 0 Å². The lowest BCUT2D eigenvalue weighted by molar-refractivity contribution is 0.0268. The van der Waals surface area contributed by atoms with Crippen LogP contribution in [0.4, 0.5) is 10.6 Å². The Balaban J connectivity index is 1.49. The molecule has 8 nitrogen and oxygen atoms in total. The molecule has 2 aromatic carbocycles. The van der Waals surface area contributed by atoms with Crippen LogP contribution in [0, 0.1) is 0 Å². The zero-order valence-corrected chi connectivity index (χ0v) is 20.0. The van der Waals surface area contributed by atoms with Crippen molar-refractivity contribution in [3.63, 3.8) is 0 Å². The minimum Gasteiger partial charge on any atom is -0.444 e. The summed E-state index contributed by atoms with van der Waals surface area (Å²) in [6.07, 6.45) is -0.0581. The van der Waals surface area contributed by atoms with E-state index < -0.39 is 11.6 Å². The number of carbonyl (C=O) groups excluding carboxylic acids is 2. The molecule has 0 bridgehead atoms. The Morgan fingerprint density at radius 3 is 2.41 bits per heavy atom. The molecular weight excluding hydrogens is 430 g/mol. The summed E-state index contributed by atoms with van der Waals surface area (Å²) in [6.45, 7) is 4.79. The fraction of sp³-hybridized carbons (Fsp3) is 0.346. The molecule has 1 unspecified atom stereocenters. The number of hydrogen-bond donors (Lipinski definition) is 2. The maximum absolute atomic E-state index is 13.3. The average molecular weight is 462 g/mol. The lowest BCUT2D eigenvalue weighted by atomic mass is 10.0. The fourth-order valence-corrected chi connectivity index (χ4v) is 4.32. The van der Waals surface area contributed by atoms with Crippen molar-refractivity contribution in [2.24, 2.45) is 0 Å². The van der Waals surface area contributed by atoms with Crippen LogP contribution in [0.25, 0.3) is 0 Å². The number of hydrogen-bond acceptors (Lipinski definition) is 5. The minimum atomic E-state index is -0.662. The zero-order chi connectivity index (χ0) is 24.3. The quantitative estimate of drug-likeness (QED) is 0.555. The van der Waals surface area contributed by atoms with E-state index >= 15 is 0 Å². The van der Waals surface area contributed by atoms with E-state index in [1.54, 1.807) is 17.0 Å². The number of carbonyl (C=O) groups is 2. The Hall–Kier alpha value is -3.65. The lowest BCUT2D eigenvalue weighted by Gasteiger charge is -2.33. The molecule has 1 atom stereocenters. The van der Waals surface area contributed by atoms with E-state index in [2.05, 4.69) is 15.5 Å². The molecule has 0 fully saturated rings. The third-order valence-electron chi connectivity index (χ3n) is 6.10. The number of nitrogens with one attached hydrogen (secondary N) is 2. The highest BCUT2D eigenvalue weighted by atomic mass is 16.6. The second-order valence-corrected chi connectivity index (χ2v) is 9.35. The summed E-state index contributed by atoms with van der Waals surface area (Å²) in [5, 5.41) is 10.2. The van der Waals surface area contributed by atoms with Crippen molar-refractivity contribution in [2.75, 3.05) is 26.0 Å². The van der Waals surface area contributed by atoms with Gasteiger partial charge in [-0.1, -0.05) is 48.5 Å². The van der Waals surface area contributed by atoms with E-state index in [-0.39, 0.29) is 12.0 Å². The summed E-state index contributed by atoms with van der Waals surface area (Å²) in [6, 6.07) is 19.0. The van der Waals surface area contributed by atoms with Gasteiger partial charge < -0.3 is 15.0 Å². The molecule has 1 aliphatic heterocycles. The van der Waals surface area contributed by atoms with Gasteiger partial charge in [0.15, 0.2) is 5.82 Å². The number of fused-ring (bicyclic) bond motifs is 1. The highest BCUT2D eigenvalue weighted by molar-refractivity contribution is 6.04. The van der Waals surface area contributed by atoms with Crippen LogP contribution in [0.3, 0.4) is 0 Å². The minimum absolute atomic E-state index is 0.248. The van der Waals surface area contributed by atoms with Gasteiger partial charge >= 0.3 is 6.09 Å². The zero-order valence-electron chi connectivity index (χ0n) is 20.0. The smallest absolute Gasteiger partial charge is 0.411 e. The van der Waals surface area contributed by atoms with E-state index in [0.29, 0.717) is 30.9 Å². The van der Waals surface area contributed by atoms with E-state index in [0.717, 1.165) is 16.8 Å². The molecule has 2 N–H and O–H groups in total. The van der Waals surface area contributed by atoms with Gasteiger partial charge in [0.1, 0.15) is 6.10 Å². The Morgan fingerprint density at radius 1 is 1.12 bits per heavy atom. The third kappa shape index (κ3) is 4.97. The van der Waals surface area contributed by atoms with E-state index in [9.17, 15) is 9.59 Å². The molecule has 8 heteroatoms. The summed E-state index contributed by atoms with van der Waals surface area (Å²) >= 11 is 0. The van der Waals surface area contributed by atoms with Gasteiger partial charge in [-0.25, -0.2) is 4.79 Å². The van der Waals surface area contributed by atoms with Gasteiger partial charge in [-0.3, -0.25) is 14.8 Å². The maximum Gasteiger partial charge on any atom is 0.411 e. The Kier molecular flexibility index (Phi) is 6.70. The standard InChI is InChI=1S/C26H31N5O3/c1-26(2)22-21(23(29-28-22)27-24(32)19-13-9-6-10-14-19)17-31(26)25(33)34-20(16-30(3)4)15-18-11-7-5-8-12-18/h5-14,20H,15-17H2,1-4H3,(H2,27,28,29,32). The largest absolute Gasteiger partial charge is 0.444 e. The third-order valence-corrected chi connectivity index (χ3v) is 6.10. The number of amides is 2. The van der Waals surface area contributed by atoms with Crippen LogP contribution in [0.15, 0.2) is 60.7 Å². The van der Waals surface area contributed by atoms with Crippen LogP contribution in [0.2, 0.25) is 0 Å². The molecule has 2 heterocycles. The predicted molar refractivity (Wildman–Crippen MR) is 131 cm³/mol. The Morgan fingerprint density at radius 2 is 1.76 bits per heavy atom. The van der Waals surface area contributed by atoms with Crippen molar-refractivity contribution in [1.29, 1.82) is 0 Å². The normalized spacial score (nSPS) is 15.1. The molecule has 3 aromatic rings. The van der Waals surface area contributed by atoms with Gasteiger partial charge in [0.2, 0.25) is 0 Å². The number of likely N-dealkylation sites (N-methyl/N-ethyl adjacent to an activating group) is 1. The van der Waals surface area contributed by atoms with Gasteiger partial charge in [-0.15, -0.1) is 0 Å². The summed E-state index contributed by atoms with van der Waals surface area (Å²) < 4.78 is 6.00. The van der Waals surface area contributed by atoms with Gasteiger partial charge in [0.25, 0.3) is 5.91 Å². The highest BCUT2D eigenvalue weighted by Gasteiger charge is 2.45. The molecule has 1 aliphatic rings. The summed E-state index contributed by atoms with van der Waals surface area (Å²) in [7, 11) is 3.92. The van der Waals surface area contributed by atoms with Crippen molar-refractivity contribution in [2.45, 2.75) is 38.5 Å². The molecule has 0 saturated heterocycles. The summed E-state index contributed by atoms with van der Waals surface area (Å²) in [5.41, 5.74) is 2.58. The van der Waals surface area contributed by atoms with Crippen LogP contribution in [0.1, 0.15) is 41.0 Å². The average Bonchev–Trinajstić information content (AvgIpc) is 3.32. The number of H-pyrrole nitrogens is 1. The van der Waals surface area contributed by atoms with Crippen molar-refractivity contribution in [1.82, 2.24) is 20.0 Å². The SMILES string of the molecule is CN(C)CC(Cc1ccccc1)OC(=O)N1Cc2c(NC(=O)c3ccccc3)n[nH]c2C1(C)C. The van der Waals surface area contributed by atoms with Crippen LogP contribution >= 0.6 is 0 Å². The topological polar surface area (TPSA) is 90.6 Å². The van der Waals surface area contributed by atoms with Crippen molar-refractivity contribution >= 4 is 17.8 Å². The molecule has 0 saturated carbocycles. The maximum atomic E-state index is 13.3. The number of aromatic nitrogens is 2. The van der Waals surface area contributed by atoms with Gasteiger partial charge in [-0.05, 0) is 45.6 Å². The lowest BCUT2D eigenvalue weighted by Crippen LogP contribution is -2.44. The molecular formula is C26H31N5O3. The number of nitrogens with zero attached hydrogens (tertiary/aromatic N) is 3. The van der Waals surface area contributed by atoms with Crippen molar-refractivity contribution < 1.29 is 14.3 Å². The number of rotatable bonds is 7. The second-order valence-electron chi connectivity index (χ2n) is 9.35. The second kappa shape index (κ2) is 9.69. The van der Waals surface area contributed by atoms with E-state index in [1.807, 2.05) is 81.4 Å². The number of anilines is 1. The summed E-state index contributed by atoms with van der Waals surface area (Å²) in [5.74, 6) is 0.184. The van der Waals surface area contributed by atoms with Gasteiger partial charge in [0, 0.05) is 24.1 Å². The number of ether oxygens (including phenoxy) is 1. The first-order valence-electron chi connectivity index (χ1n) is 11.4. The predicted octanol–water partition coefficient (Wildman–Crippen LogP) is 4.02. The first-order valence-corrected chi connectivity index (χ1v) is 11.4.